The summed E-state index contributed by atoms with van der Waals surface area (Å²) in [6, 6.07) is 14.1. The minimum Gasteiger partial charge on any atom is -0.307 e. The molecule has 0 bridgehead atoms. The summed E-state index contributed by atoms with van der Waals surface area (Å²) in [5, 5.41) is 14.4. The van der Waals surface area contributed by atoms with Crippen LogP contribution in [0.2, 0.25) is 0 Å². The van der Waals surface area contributed by atoms with Crippen LogP contribution in [0.1, 0.15) is 11.1 Å². The Labute approximate surface area is 125 Å². The van der Waals surface area contributed by atoms with E-state index in [9.17, 15) is 4.79 Å². The molecule has 4 nitrogen and oxygen atoms in total. The number of urea groups is 1. The number of carbonyl (C=O) groups is 1. The van der Waals surface area contributed by atoms with Crippen LogP contribution in [0.3, 0.4) is 0 Å². The molecule has 5 heteroatoms. The molecule has 0 aliphatic rings. The second kappa shape index (κ2) is 6.22. The van der Waals surface area contributed by atoms with Crippen LogP contribution in [0.5, 0.6) is 0 Å². The van der Waals surface area contributed by atoms with Gasteiger partial charge >= 0.3 is 6.03 Å². The molecule has 100 valence electrons. The van der Waals surface area contributed by atoms with Crippen LogP contribution in [0.15, 0.2) is 46.9 Å². The second-order valence-corrected chi connectivity index (χ2v) is 5.11. The molecule has 0 radical (unpaired) electrons. The fourth-order valence-electron chi connectivity index (χ4n) is 1.73. The highest BCUT2D eigenvalue weighted by atomic mass is 79.9. The van der Waals surface area contributed by atoms with Gasteiger partial charge in [-0.3, -0.25) is 0 Å². The van der Waals surface area contributed by atoms with E-state index in [2.05, 4.69) is 26.6 Å². The summed E-state index contributed by atoms with van der Waals surface area (Å²) in [6.07, 6.45) is 0. The third kappa shape index (κ3) is 3.37. The molecule has 2 aromatic rings. The molecule has 0 spiro atoms. The lowest BCUT2D eigenvalue weighted by molar-refractivity contribution is 0.262. The van der Waals surface area contributed by atoms with Gasteiger partial charge in [0.15, 0.2) is 0 Å². The van der Waals surface area contributed by atoms with Gasteiger partial charge in [0.2, 0.25) is 0 Å². The lowest BCUT2D eigenvalue weighted by Gasteiger charge is -2.11. The van der Waals surface area contributed by atoms with Gasteiger partial charge in [0.25, 0.3) is 0 Å². The van der Waals surface area contributed by atoms with Crippen LogP contribution in [0.4, 0.5) is 16.2 Å². The highest BCUT2D eigenvalue weighted by molar-refractivity contribution is 9.10. The highest BCUT2D eigenvalue weighted by Crippen LogP contribution is 2.20. The molecule has 20 heavy (non-hydrogen) atoms. The molecular formula is C15H12BrN3O. The minimum atomic E-state index is -0.377. The van der Waals surface area contributed by atoms with Crippen molar-refractivity contribution < 1.29 is 4.79 Å². The summed E-state index contributed by atoms with van der Waals surface area (Å²) in [7, 11) is 0. The van der Waals surface area contributed by atoms with E-state index in [4.69, 9.17) is 5.26 Å². The Morgan fingerprint density at radius 3 is 2.55 bits per heavy atom. The lowest BCUT2D eigenvalue weighted by atomic mass is 10.2. The minimum absolute atomic E-state index is 0.377. The summed E-state index contributed by atoms with van der Waals surface area (Å²) in [4.78, 5) is 11.9. The normalized spacial score (nSPS) is 9.65. The van der Waals surface area contributed by atoms with Crippen molar-refractivity contribution in [2.75, 3.05) is 10.6 Å². The number of rotatable bonds is 2. The average Bonchev–Trinajstić information content (AvgIpc) is 2.42. The zero-order valence-electron chi connectivity index (χ0n) is 10.8. The molecule has 0 unspecified atom stereocenters. The number of hydrogen-bond donors (Lipinski definition) is 2. The molecule has 0 aliphatic carbocycles. The van der Waals surface area contributed by atoms with E-state index < -0.39 is 0 Å². The summed E-state index contributed by atoms with van der Waals surface area (Å²) >= 11 is 3.37. The largest absolute Gasteiger partial charge is 0.323 e. The third-order valence-electron chi connectivity index (χ3n) is 2.73. The number of nitrogens with one attached hydrogen (secondary N) is 2. The molecule has 2 N–H and O–H groups in total. The summed E-state index contributed by atoms with van der Waals surface area (Å²) in [5.41, 5.74) is 2.58. The molecule has 0 heterocycles. The van der Waals surface area contributed by atoms with Gasteiger partial charge < -0.3 is 10.6 Å². The monoisotopic (exact) mass is 329 g/mol. The zero-order valence-corrected chi connectivity index (χ0v) is 12.4. The number of aryl methyl sites for hydroxylation is 1. The Kier molecular flexibility index (Phi) is 4.38. The maximum Gasteiger partial charge on any atom is 0.323 e. The summed E-state index contributed by atoms with van der Waals surface area (Å²) in [5.74, 6) is 0. The van der Waals surface area contributed by atoms with E-state index in [0.29, 0.717) is 11.3 Å². The Hall–Kier alpha value is -2.32. The van der Waals surface area contributed by atoms with Crippen LogP contribution in [-0.4, -0.2) is 6.03 Å². The van der Waals surface area contributed by atoms with Gasteiger partial charge in [0.05, 0.1) is 11.3 Å². The van der Waals surface area contributed by atoms with Gasteiger partial charge in [-0.25, -0.2) is 4.79 Å². The van der Waals surface area contributed by atoms with E-state index in [1.165, 1.54) is 0 Å². The van der Waals surface area contributed by atoms with Crippen molar-refractivity contribution in [2.24, 2.45) is 0 Å². The number of halogens is 1. The van der Waals surface area contributed by atoms with Gasteiger partial charge in [-0.05, 0) is 42.8 Å². The lowest BCUT2D eigenvalue weighted by Crippen LogP contribution is -2.20. The number of nitrogens with zero attached hydrogens (tertiary/aromatic N) is 1. The third-order valence-corrected chi connectivity index (χ3v) is 3.23. The topological polar surface area (TPSA) is 64.9 Å². The smallest absolute Gasteiger partial charge is 0.307 e. The number of hydrogen-bond acceptors (Lipinski definition) is 2. The molecule has 0 atom stereocenters. The van der Waals surface area contributed by atoms with Crippen molar-refractivity contribution in [3.63, 3.8) is 0 Å². The molecule has 0 saturated heterocycles. The molecule has 0 fully saturated rings. The predicted molar refractivity (Wildman–Crippen MR) is 82.7 cm³/mol. The highest BCUT2D eigenvalue weighted by Gasteiger charge is 2.07. The summed E-state index contributed by atoms with van der Waals surface area (Å²) < 4.78 is 0.954. The average molecular weight is 330 g/mol. The van der Waals surface area contributed by atoms with Crippen molar-refractivity contribution in [1.29, 1.82) is 5.26 Å². The standard InChI is InChI=1S/C15H12BrN3O/c1-10-8-12(16)6-7-13(10)18-15(20)19-14-5-3-2-4-11(14)9-17/h2-8H,1H3,(H2,18,19,20). The number of amides is 2. The van der Waals surface area contributed by atoms with Crippen LogP contribution in [0, 0.1) is 18.3 Å². The summed E-state index contributed by atoms with van der Waals surface area (Å²) in [6.45, 7) is 1.91. The van der Waals surface area contributed by atoms with Gasteiger partial charge in [-0.15, -0.1) is 0 Å². The van der Waals surface area contributed by atoms with Gasteiger partial charge in [0.1, 0.15) is 6.07 Å². The first kappa shape index (κ1) is 14.1. The molecule has 2 aromatic carbocycles. The van der Waals surface area contributed by atoms with Gasteiger partial charge in [-0.1, -0.05) is 28.1 Å². The van der Waals surface area contributed by atoms with Crippen molar-refractivity contribution in [2.45, 2.75) is 6.92 Å². The SMILES string of the molecule is Cc1cc(Br)ccc1NC(=O)Nc1ccccc1C#N. The fraction of sp³-hybridized carbons (Fsp3) is 0.0667. The van der Waals surface area contributed by atoms with Crippen molar-refractivity contribution in [1.82, 2.24) is 0 Å². The first-order valence-electron chi connectivity index (χ1n) is 5.93. The van der Waals surface area contributed by atoms with Crippen molar-refractivity contribution >= 4 is 33.3 Å². The Morgan fingerprint density at radius 2 is 1.85 bits per heavy atom. The second-order valence-electron chi connectivity index (χ2n) is 4.20. The Bertz CT molecular complexity index is 692. The van der Waals surface area contributed by atoms with Crippen LogP contribution in [0.25, 0.3) is 0 Å². The number of carbonyl (C=O) groups excluding carboxylic acids is 1. The molecular weight excluding hydrogens is 318 g/mol. The van der Waals surface area contributed by atoms with Crippen LogP contribution < -0.4 is 10.6 Å². The number of para-hydroxylation sites is 1. The zero-order chi connectivity index (χ0) is 14.5. The van der Waals surface area contributed by atoms with Gasteiger partial charge in [-0.2, -0.15) is 5.26 Å². The Morgan fingerprint density at radius 1 is 1.15 bits per heavy atom. The first-order valence-corrected chi connectivity index (χ1v) is 6.73. The predicted octanol–water partition coefficient (Wildman–Crippen LogP) is 4.27. The van der Waals surface area contributed by atoms with Crippen molar-refractivity contribution in [3.8, 4) is 6.07 Å². The van der Waals surface area contributed by atoms with E-state index in [1.807, 2.05) is 31.2 Å². The first-order chi connectivity index (χ1) is 9.60. The number of benzene rings is 2. The molecule has 0 saturated carbocycles. The fourth-order valence-corrected chi connectivity index (χ4v) is 2.21. The quantitative estimate of drug-likeness (QED) is 0.863. The van der Waals surface area contributed by atoms with E-state index in [0.717, 1.165) is 15.7 Å². The van der Waals surface area contributed by atoms with E-state index >= 15 is 0 Å². The molecule has 0 aromatic heterocycles. The van der Waals surface area contributed by atoms with Crippen molar-refractivity contribution in [3.05, 3.63) is 58.1 Å². The molecule has 0 aliphatic heterocycles. The molecule has 2 rings (SSSR count). The van der Waals surface area contributed by atoms with E-state index in [-0.39, 0.29) is 6.03 Å². The number of anilines is 2. The maximum absolute atomic E-state index is 11.9. The van der Waals surface area contributed by atoms with Gasteiger partial charge in [0, 0.05) is 10.2 Å². The Balaban J connectivity index is 2.11. The van der Waals surface area contributed by atoms with E-state index in [1.54, 1.807) is 24.3 Å². The van der Waals surface area contributed by atoms with Crippen LogP contribution >= 0.6 is 15.9 Å². The maximum atomic E-state index is 11.9. The number of nitriles is 1. The molecule has 2 amide bonds. The van der Waals surface area contributed by atoms with Crippen LogP contribution in [-0.2, 0) is 0 Å².